The van der Waals surface area contributed by atoms with Crippen molar-refractivity contribution in [3.05, 3.63) is 24.3 Å². The molecule has 1 atom stereocenters. The smallest absolute Gasteiger partial charge is 0.142 e. The summed E-state index contributed by atoms with van der Waals surface area (Å²) >= 11 is 0. The molecule has 1 saturated heterocycles. The second-order valence-electron chi connectivity index (χ2n) is 5.36. The lowest BCUT2D eigenvalue weighted by Crippen LogP contribution is -2.40. The Labute approximate surface area is 116 Å². The van der Waals surface area contributed by atoms with Gasteiger partial charge in [0.2, 0.25) is 0 Å². The molecular weight excluding hydrogens is 236 g/mol. The largest absolute Gasteiger partial charge is 0.491 e. The predicted molar refractivity (Wildman–Crippen MR) is 81.0 cm³/mol. The molecule has 0 saturated carbocycles. The lowest BCUT2D eigenvalue weighted by molar-refractivity contribution is 0.194. The van der Waals surface area contributed by atoms with Crippen molar-refractivity contribution >= 4 is 5.69 Å². The number of likely N-dealkylation sites (N-methyl/N-ethyl adjacent to an activating group) is 1. The Kier molecular flexibility index (Phi) is 5.52. The minimum Gasteiger partial charge on any atom is -0.491 e. The lowest BCUT2D eigenvalue weighted by Gasteiger charge is -2.32. The molecular formula is C16H26N2O. The Morgan fingerprint density at radius 3 is 2.95 bits per heavy atom. The molecule has 106 valence electrons. The number of nitrogens with one attached hydrogen (secondary N) is 1. The van der Waals surface area contributed by atoms with Crippen LogP contribution in [0.15, 0.2) is 24.3 Å². The van der Waals surface area contributed by atoms with Crippen LogP contribution in [0.25, 0.3) is 0 Å². The highest BCUT2D eigenvalue weighted by atomic mass is 16.5. The zero-order valence-electron chi connectivity index (χ0n) is 12.2. The van der Waals surface area contributed by atoms with Crippen molar-refractivity contribution in [2.75, 3.05) is 32.1 Å². The molecule has 1 aliphatic rings. The van der Waals surface area contributed by atoms with Crippen LogP contribution in [0, 0.1) is 0 Å². The molecule has 19 heavy (non-hydrogen) atoms. The van der Waals surface area contributed by atoms with Gasteiger partial charge < -0.3 is 15.0 Å². The summed E-state index contributed by atoms with van der Waals surface area (Å²) < 4.78 is 5.78. The molecule has 1 heterocycles. The van der Waals surface area contributed by atoms with E-state index in [-0.39, 0.29) is 0 Å². The highest BCUT2D eigenvalue weighted by molar-refractivity contribution is 5.56. The fourth-order valence-electron chi connectivity index (χ4n) is 2.58. The molecule has 0 spiro atoms. The summed E-state index contributed by atoms with van der Waals surface area (Å²) in [7, 11) is 2.23. The molecule has 0 radical (unpaired) electrons. The third-order valence-corrected chi connectivity index (χ3v) is 3.80. The zero-order valence-corrected chi connectivity index (χ0v) is 12.2. The van der Waals surface area contributed by atoms with Crippen molar-refractivity contribution in [2.24, 2.45) is 0 Å². The molecule has 1 unspecified atom stereocenters. The van der Waals surface area contributed by atoms with Crippen molar-refractivity contribution in [3.63, 3.8) is 0 Å². The molecule has 1 aromatic carbocycles. The average molecular weight is 262 g/mol. The molecule has 3 heteroatoms. The van der Waals surface area contributed by atoms with Gasteiger partial charge in [0.15, 0.2) is 0 Å². The molecule has 0 aromatic heterocycles. The third-order valence-electron chi connectivity index (χ3n) is 3.80. The van der Waals surface area contributed by atoms with Crippen LogP contribution in [0.2, 0.25) is 0 Å². The van der Waals surface area contributed by atoms with Gasteiger partial charge in [-0.1, -0.05) is 25.5 Å². The number of para-hydroxylation sites is 2. The van der Waals surface area contributed by atoms with Crippen molar-refractivity contribution < 1.29 is 4.74 Å². The number of anilines is 1. The topological polar surface area (TPSA) is 24.5 Å². The SMILES string of the molecule is CCCOc1ccccc1NCC1CCCCN1C. The number of hydrogen-bond donors (Lipinski definition) is 1. The van der Waals surface area contributed by atoms with Crippen LogP contribution < -0.4 is 10.1 Å². The molecule has 1 aromatic rings. The van der Waals surface area contributed by atoms with Gasteiger partial charge in [-0.05, 0) is 45.0 Å². The number of hydrogen-bond acceptors (Lipinski definition) is 3. The first-order valence-electron chi connectivity index (χ1n) is 7.47. The number of ether oxygens (including phenoxy) is 1. The number of piperidine rings is 1. The van der Waals surface area contributed by atoms with E-state index in [4.69, 9.17) is 4.74 Å². The van der Waals surface area contributed by atoms with E-state index in [0.29, 0.717) is 6.04 Å². The third kappa shape index (κ3) is 4.13. The van der Waals surface area contributed by atoms with Crippen LogP contribution in [-0.2, 0) is 0 Å². The van der Waals surface area contributed by atoms with Gasteiger partial charge in [-0.3, -0.25) is 0 Å². The normalized spacial score (nSPS) is 20.2. The van der Waals surface area contributed by atoms with Crippen molar-refractivity contribution in [2.45, 2.75) is 38.6 Å². The summed E-state index contributed by atoms with van der Waals surface area (Å²) in [6, 6.07) is 8.89. The Morgan fingerprint density at radius 2 is 2.16 bits per heavy atom. The molecule has 0 amide bonds. The first-order chi connectivity index (χ1) is 9.31. The number of nitrogens with zero attached hydrogens (tertiary/aromatic N) is 1. The fourth-order valence-corrected chi connectivity index (χ4v) is 2.58. The summed E-state index contributed by atoms with van der Waals surface area (Å²) in [4.78, 5) is 2.46. The first kappa shape index (κ1) is 14.2. The lowest BCUT2D eigenvalue weighted by atomic mass is 10.0. The fraction of sp³-hybridized carbons (Fsp3) is 0.625. The van der Waals surface area contributed by atoms with Crippen LogP contribution >= 0.6 is 0 Å². The summed E-state index contributed by atoms with van der Waals surface area (Å²) in [6.07, 6.45) is 5.02. The Balaban J connectivity index is 1.91. The quantitative estimate of drug-likeness (QED) is 0.850. The Bertz CT molecular complexity index is 381. The monoisotopic (exact) mass is 262 g/mol. The summed E-state index contributed by atoms with van der Waals surface area (Å²) in [5.41, 5.74) is 1.12. The van der Waals surface area contributed by atoms with Crippen LogP contribution in [-0.4, -0.2) is 37.7 Å². The van der Waals surface area contributed by atoms with Crippen LogP contribution in [0.1, 0.15) is 32.6 Å². The van der Waals surface area contributed by atoms with Gasteiger partial charge in [-0.2, -0.15) is 0 Å². The molecule has 1 fully saturated rings. The number of benzene rings is 1. The average Bonchev–Trinajstić information content (AvgIpc) is 2.45. The molecule has 0 aliphatic carbocycles. The maximum atomic E-state index is 5.78. The van der Waals surface area contributed by atoms with E-state index >= 15 is 0 Å². The highest BCUT2D eigenvalue weighted by Crippen LogP contribution is 2.24. The van der Waals surface area contributed by atoms with Crippen LogP contribution in [0.3, 0.4) is 0 Å². The summed E-state index contributed by atoms with van der Waals surface area (Å²) in [5, 5.41) is 3.56. The second-order valence-corrected chi connectivity index (χ2v) is 5.36. The van der Waals surface area contributed by atoms with E-state index in [1.807, 2.05) is 12.1 Å². The van der Waals surface area contributed by atoms with Crippen molar-refractivity contribution in [3.8, 4) is 5.75 Å². The van der Waals surface area contributed by atoms with Gasteiger partial charge in [0, 0.05) is 12.6 Å². The second kappa shape index (κ2) is 7.39. The van der Waals surface area contributed by atoms with Gasteiger partial charge in [0.05, 0.1) is 12.3 Å². The molecule has 3 nitrogen and oxygen atoms in total. The summed E-state index contributed by atoms with van der Waals surface area (Å²) in [6.45, 7) is 5.14. The predicted octanol–water partition coefficient (Wildman–Crippen LogP) is 3.37. The van der Waals surface area contributed by atoms with Crippen molar-refractivity contribution in [1.82, 2.24) is 4.90 Å². The maximum Gasteiger partial charge on any atom is 0.142 e. The van der Waals surface area contributed by atoms with Gasteiger partial charge in [-0.15, -0.1) is 0 Å². The molecule has 0 bridgehead atoms. The number of likely N-dealkylation sites (tertiary alicyclic amines) is 1. The van der Waals surface area contributed by atoms with Crippen LogP contribution in [0.4, 0.5) is 5.69 Å². The summed E-state index contributed by atoms with van der Waals surface area (Å²) in [5.74, 6) is 0.975. The van der Waals surface area contributed by atoms with Crippen LogP contribution in [0.5, 0.6) is 5.75 Å². The Morgan fingerprint density at radius 1 is 1.32 bits per heavy atom. The molecule has 1 N–H and O–H groups in total. The van der Waals surface area contributed by atoms with Gasteiger partial charge in [0.1, 0.15) is 5.75 Å². The van der Waals surface area contributed by atoms with Gasteiger partial charge in [-0.25, -0.2) is 0 Å². The van der Waals surface area contributed by atoms with E-state index in [1.54, 1.807) is 0 Å². The van der Waals surface area contributed by atoms with Crippen molar-refractivity contribution in [1.29, 1.82) is 0 Å². The Hall–Kier alpha value is -1.22. The minimum atomic E-state index is 0.646. The minimum absolute atomic E-state index is 0.646. The first-order valence-corrected chi connectivity index (χ1v) is 7.47. The standard InChI is InChI=1S/C16H26N2O/c1-3-12-19-16-10-5-4-9-15(16)17-13-14-8-6-7-11-18(14)2/h4-5,9-10,14,17H,3,6-8,11-13H2,1-2H3. The molecule has 2 rings (SSSR count). The zero-order chi connectivity index (χ0) is 13.5. The van der Waals surface area contributed by atoms with E-state index in [2.05, 4.69) is 36.3 Å². The molecule has 1 aliphatic heterocycles. The van der Waals surface area contributed by atoms with E-state index < -0.39 is 0 Å². The highest BCUT2D eigenvalue weighted by Gasteiger charge is 2.18. The van der Waals surface area contributed by atoms with E-state index in [9.17, 15) is 0 Å². The van der Waals surface area contributed by atoms with E-state index in [0.717, 1.165) is 31.0 Å². The number of rotatable bonds is 6. The van der Waals surface area contributed by atoms with E-state index in [1.165, 1.54) is 25.8 Å². The van der Waals surface area contributed by atoms with Gasteiger partial charge >= 0.3 is 0 Å². The van der Waals surface area contributed by atoms with Gasteiger partial charge in [0.25, 0.3) is 0 Å². The maximum absolute atomic E-state index is 5.78.